The zero-order chi connectivity index (χ0) is 30.2. The first-order valence-electron chi connectivity index (χ1n) is 14.2. The summed E-state index contributed by atoms with van der Waals surface area (Å²) in [6.07, 6.45) is 3.79. The molecule has 0 bridgehead atoms. The number of aliphatic imine (C=N–C) groups is 1. The van der Waals surface area contributed by atoms with Crippen molar-refractivity contribution in [2.24, 2.45) is 10.9 Å². The van der Waals surface area contributed by atoms with Crippen molar-refractivity contribution in [2.75, 3.05) is 6.54 Å². The van der Waals surface area contributed by atoms with Gasteiger partial charge in [0.2, 0.25) is 0 Å². The quantitative estimate of drug-likeness (QED) is 0.362. The number of rotatable bonds is 7. The molecular formula is C33H34F3N3O3. The molecule has 1 atom stereocenters. The minimum absolute atomic E-state index is 0.0928. The summed E-state index contributed by atoms with van der Waals surface area (Å²) >= 11 is 0. The van der Waals surface area contributed by atoms with E-state index in [0.717, 1.165) is 46.5 Å². The normalized spacial score (nSPS) is 19.9. The molecule has 1 saturated carbocycles. The number of carboxylic acids is 1. The Morgan fingerprint density at radius 3 is 2.33 bits per heavy atom. The van der Waals surface area contributed by atoms with E-state index in [0.29, 0.717) is 29.7 Å². The van der Waals surface area contributed by atoms with Crippen molar-refractivity contribution in [1.82, 2.24) is 10.2 Å². The van der Waals surface area contributed by atoms with Gasteiger partial charge >= 0.3 is 12.1 Å². The van der Waals surface area contributed by atoms with Crippen molar-refractivity contribution >= 4 is 28.9 Å². The summed E-state index contributed by atoms with van der Waals surface area (Å²) in [5.74, 6) is -0.973. The lowest BCUT2D eigenvalue weighted by molar-refractivity contribution is -0.132. The number of hydrogen-bond acceptors (Lipinski definition) is 4. The molecule has 0 radical (unpaired) electrons. The topological polar surface area (TPSA) is 82.0 Å². The Morgan fingerprint density at radius 1 is 1.02 bits per heavy atom. The van der Waals surface area contributed by atoms with Crippen LogP contribution < -0.4 is 5.32 Å². The second-order valence-corrected chi connectivity index (χ2v) is 11.4. The summed E-state index contributed by atoms with van der Waals surface area (Å²) < 4.78 is 39.1. The van der Waals surface area contributed by atoms with Gasteiger partial charge in [-0.2, -0.15) is 13.2 Å². The number of halogens is 3. The number of benzene rings is 2. The van der Waals surface area contributed by atoms with E-state index in [9.17, 15) is 27.9 Å². The predicted octanol–water partition coefficient (Wildman–Crippen LogP) is 7.30. The second-order valence-electron chi connectivity index (χ2n) is 11.4. The monoisotopic (exact) mass is 577 g/mol. The Morgan fingerprint density at radius 2 is 1.69 bits per heavy atom. The molecule has 1 fully saturated rings. The highest BCUT2D eigenvalue weighted by molar-refractivity contribution is 6.09. The molecule has 2 aromatic rings. The average molecular weight is 578 g/mol. The zero-order valence-corrected chi connectivity index (χ0v) is 23.9. The Bertz CT molecular complexity index is 1550. The van der Waals surface area contributed by atoms with Crippen LogP contribution in [0.2, 0.25) is 0 Å². The van der Waals surface area contributed by atoms with Crippen LogP contribution in [-0.4, -0.2) is 46.4 Å². The third-order valence-electron chi connectivity index (χ3n) is 7.79. The molecule has 0 aromatic heterocycles. The van der Waals surface area contributed by atoms with E-state index >= 15 is 0 Å². The fraction of sp³-hybridized carbons (Fsp3) is 0.364. The van der Waals surface area contributed by atoms with Gasteiger partial charge in [0, 0.05) is 36.5 Å². The van der Waals surface area contributed by atoms with Gasteiger partial charge in [0.05, 0.1) is 23.4 Å². The number of allylic oxidation sites excluding steroid dienone is 4. The van der Waals surface area contributed by atoms with Crippen molar-refractivity contribution in [2.45, 2.75) is 65.1 Å². The van der Waals surface area contributed by atoms with Gasteiger partial charge in [-0.05, 0) is 85.1 Å². The molecule has 2 aliphatic heterocycles. The van der Waals surface area contributed by atoms with Gasteiger partial charge in [-0.15, -0.1) is 0 Å². The SMILES string of the molecule is Cc1cc(C2=CN3C(=CCC(C)C=C3c3ccc(C(=O)NC4CC4)c(C)c3)C(=NCCC(F)(F)F)C2)ccc1C(=O)O. The number of fused-ring (bicyclic) bond motifs is 1. The minimum atomic E-state index is -4.32. The number of carbonyl (C=O) groups excluding carboxylic acids is 1. The van der Waals surface area contributed by atoms with Crippen LogP contribution in [0.3, 0.4) is 0 Å². The molecule has 42 heavy (non-hydrogen) atoms. The highest BCUT2D eigenvalue weighted by atomic mass is 19.4. The maximum atomic E-state index is 13.0. The third-order valence-corrected chi connectivity index (χ3v) is 7.79. The number of aryl methyl sites for hydroxylation is 2. The van der Waals surface area contributed by atoms with Gasteiger partial charge in [0.1, 0.15) is 0 Å². The number of alkyl halides is 3. The van der Waals surface area contributed by atoms with E-state index in [1.165, 1.54) is 0 Å². The Hall–Kier alpha value is -4.14. The summed E-state index contributed by atoms with van der Waals surface area (Å²) in [5.41, 5.74) is 6.83. The van der Waals surface area contributed by atoms with E-state index in [-0.39, 0.29) is 30.0 Å². The zero-order valence-electron chi connectivity index (χ0n) is 23.9. The molecular weight excluding hydrogens is 543 g/mol. The number of nitrogens with one attached hydrogen (secondary N) is 1. The maximum absolute atomic E-state index is 13.0. The van der Waals surface area contributed by atoms with Crippen LogP contribution in [-0.2, 0) is 0 Å². The van der Waals surface area contributed by atoms with E-state index in [1.807, 2.05) is 42.3 Å². The van der Waals surface area contributed by atoms with Crippen LogP contribution in [0.1, 0.15) is 82.0 Å². The molecule has 9 heteroatoms. The van der Waals surface area contributed by atoms with Gasteiger partial charge in [-0.1, -0.05) is 37.3 Å². The molecule has 0 spiro atoms. The van der Waals surface area contributed by atoms with Crippen molar-refractivity contribution in [1.29, 1.82) is 0 Å². The summed E-state index contributed by atoms with van der Waals surface area (Å²) in [6.45, 7) is 5.32. The molecule has 6 nitrogen and oxygen atoms in total. The summed E-state index contributed by atoms with van der Waals surface area (Å²) in [6, 6.07) is 11.0. The van der Waals surface area contributed by atoms with Crippen LogP contribution in [0.4, 0.5) is 13.2 Å². The number of aromatic carboxylic acids is 1. The van der Waals surface area contributed by atoms with Crippen molar-refractivity contribution in [3.05, 3.63) is 93.8 Å². The highest BCUT2D eigenvalue weighted by Crippen LogP contribution is 2.39. The first kappa shape index (κ1) is 29.4. The summed E-state index contributed by atoms with van der Waals surface area (Å²) in [4.78, 5) is 30.8. The Labute approximate surface area is 243 Å². The molecule has 1 amide bonds. The van der Waals surface area contributed by atoms with Gasteiger partial charge in [-0.3, -0.25) is 9.79 Å². The maximum Gasteiger partial charge on any atom is 0.390 e. The van der Waals surface area contributed by atoms with E-state index < -0.39 is 18.6 Å². The number of amides is 1. The first-order chi connectivity index (χ1) is 19.9. The standard InChI is InChI=1S/C33H34F3N3O3/c1-19-4-11-29-28(37-13-12-33(34,35)36)17-24(22-5-10-27(32(41)42)21(3)15-22)18-39(29)30(14-19)23-6-9-26(20(2)16-23)31(40)38-25-7-8-25/h5-6,9-11,14-16,18-19,25H,4,7-8,12-13,17H2,1-3H3,(H,38,40)(H,41,42). The Kier molecular flexibility index (Phi) is 8.12. The van der Waals surface area contributed by atoms with Gasteiger partial charge < -0.3 is 15.3 Å². The predicted molar refractivity (Wildman–Crippen MR) is 157 cm³/mol. The number of carboxylic acid groups (broad SMARTS) is 1. The van der Waals surface area contributed by atoms with Gasteiger partial charge in [0.15, 0.2) is 0 Å². The smallest absolute Gasteiger partial charge is 0.390 e. The average Bonchev–Trinajstić information content (AvgIpc) is 3.74. The Balaban J connectivity index is 1.58. The largest absolute Gasteiger partial charge is 0.478 e. The molecule has 220 valence electrons. The second kappa shape index (κ2) is 11.6. The lowest BCUT2D eigenvalue weighted by atomic mass is 9.92. The molecule has 2 heterocycles. The fourth-order valence-electron chi connectivity index (χ4n) is 5.35. The van der Waals surface area contributed by atoms with Crippen LogP contribution in [0.5, 0.6) is 0 Å². The molecule has 1 unspecified atom stereocenters. The summed E-state index contributed by atoms with van der Waals surface area (Å²) in [5, 5.41) is 12.5. The van der Waals surface area contributed by atoms with E-state index in [4.69, 9.17) is 0 Å². The van der Waals surface area contributed by atoms with Crippen LogP contribution >= 0.6 is 0 Å². The number of carbonyl (C=O) groups is 2. The third kappa shape index (κ3) is 6.66. The van der Waals surface area contributed by atoms with E-state index in [1.54, 1.807) is 25.1 Å². The first-order valence-corrected chi connectivity index (χ1v) is 14.2. The lowest BCUT2D eigenvalue weighted by Gasteiger charge is -2.33. The highest BCUT2D eigenvalue weighted by Gasteiger charge is 2.31. The van der Waals surface area contributed by atoms with Crippen LogP contribution in [0, 0.1) is 19.8 Å². The number of hydrogen-bond donors (Lipinski definition) is 2. The van der Waals surface area contributed by atoms with Gasteiger partial charge in [0.25, 0.3) is 5.91 Å². The minimum Gasteiger partial charge on any atom is -0.478 e. The van der Waals surface area contributed by atoms with Gasteiger partial charge in [-0.25, -0.2) is 4.79 Å². The van der Waals surface area contributed by atoms with Crippen molar-refractivity contribution in [3.8, 4) is 0 Å². The number of nitrogens with zero attached hydrogens (tertiary/aromatic N) is 2. The van der Waals surface area contributed by atoms with Crippen LogP contribution in [0.15, 0.2) is 65.4 Å². The lowest BCUT2D eigenvalue weighted by Crippen LogP contribution is -2.27. The van der Waals surface area contributed by atoms with E-state index in [2.05, 4.69) is 23.3 Å². The molecule has 5 rings (SSSR count). The molecule has 0 saturated heterocycles. The van der Waals surface area contributed by atoms with Crippen molar-refractivity contribution in [3.63, 3.8) is 0 Å². The molecule has 1 aliphatic carbocycles. The molecule has 2 aromatic carbocycles. The van der Waals surface area contributed by atoms with Crippen LogP contribution in [0.25, 0.3) is 11.3 Å². The fourth-order valence-corrected chi connectivity index (χ4v) is 5.35. The molecule has 3 aliphatic rings. The summed E-state index contributed by atoms with van der Waals surface area (Å²) in [7, 11) is 0. The van der Waals surface area contributed by atoms with Crippen molar-refractivity contribution < 1.29 is 27.9 Å². The molecule has 2 N–H and O–H groups in total.